The molecular formula is C24H26ClN3O5S. The number of benzene rings is 2. The third kappa shape index (κ3) is 5.31. The highest BCUT2D eigenvalue weighted by Gasteiger charge is 2.27. The summed E-state index contributed by atoms with van der Waals surface area (Å²) in [5, 5.41) is 10.9. The second kappa shape index (κ2) is 10.2. The summed E-state index contributed by atoms with van der Waals surface area (Å²) in [6.07, 6.45) is 3.59. The van der Waals surface area contributed by atoms with Crippen molar-refractivity contribution in [3.8, 4) is 23.3 Å². The second-order valence-electron chi connectivity index (χ2n) is 8.10. The minimum Gasteiger partial charge on any atom is -0.491 e. The molecule has 0 spiro atoms. The molecule has 10 heteroatoms. The van der Waals surface area contributed by atoms with Gasteiger partial charge in [0.1, 0.15) is 24.5 Å². The first-order chi connectivity index (χ1) is 16.3. The van der Waals surface area contributed by atoms with Crippen molar-refractivity contribution in [3.63, 3.8) is 0 Å². The third-order valence-corrected chi connectivity index (χ3v) is 7.10. The van der Waals surface area contributed by atoms with Crippen molar-refractivity contribution in [2.75, 3.05) is 39.2 Å². The molecule has 0 saturated carbocycles. The molecule has 0 N–H and O–H groups in total. The Balaban J connectivity index is 1.52. The molecular weight excluding hydrogens is 478 g/mol. The number of halogens is 1. The maximum atomic E-state index is 11.8. The zero-order chi connectivity index (χ0) is 24.3. The summed E-state index contributed by atoms with van der Waals surface area (Å²) >= 11 is 6.43. The first kappa shape index (κ1) is 24.4. The molecule has 1 saturated heterocycles. The van der Waals surface area contributed by atoms with Gasteiger partial charge in [0.2, 0.25) is 10.0 Å². The van der Waals surface area contributed by atoms with Gasteiger partial charge in [-0.2, -0.15) is 9.57 Å². The van der Waals surface area contributed by atoms with E-state index < -0.39 is 10.0 Å². The van der Waals surface area contributed by atoms with Crippen LogP contribution in [-0.4, -0.2) is 62.6 Å². The molecule has 1 aliphatic rings. The van der Waals surface area contributed by atoms with E-state index in [-0.39, 0.29) is 19.3 Å². The quantitative estimate of drug-likeness (QED) is 0.461. The summed E-state index contributed by atoms with van der Waals surface area (Å²) in [6, 6.07) is 13.3. The number of rotatable bonds is 8. The van der Waals surface area contributed by atoms with Crippen LogP contribution in [0.2, 0.25) is 5.02 Å². The lowest BCUT2D eigenvalue weighted by Crippen LogP contribution is -2.47. The number of nitriles is 1. The van der Waals surface area contributed by atoms with Crippen LogP contribution < -0.4 is 9.47 Å². The van der Waals surface area contributed by atoms with Gasteiger partial charge in [0.05, 0.1) is 35.6 Å². The molecule has 0 unspecified atom stereocenters. The van der Waals surface area contributed by atoms with Crippen molar-refractivity contribution in [2.24, 2.45) is 0 Å². The van der Waals surface area contributed by atoms with Crippen molar-refractivity contribution in [1.82, 2.24) is 8.87 Å². The van der Waals surface area contributed by atoms with Crippen molar-refractivity contribution in [2.45, 2.75) is 19.4 Å². The minimum atomic E-state index is -3.25. The van der Waals surface area contributed by atoms with E-state index >= 15 is 0 Å². The molecule has 1 fully saturated rings. The lowest BCUT2D eigenvalue weighted by Gasteiger charge is -2.31. The lowest BCUT2D eigenvalue weighted by molar-refractivity contribution is -0.0247. The molecule has 0 aliphatic carbocycles. The molecule has 34 heavy (non-hydrogen) atoms. The molecule has 1 aromatic heterocycles. The SMILES string of the molecule is CCCOc1c(Cl)cc(-n2ccc3cc(OC[C@H]4CN(S(C)(=O)=O)CCO4)ccc32)cc1C#N. The molecule has 180 valence electrons. The molecule has 0 amide bonds. The van der Waals surface area contributed by atoms with Gasteiger partial charge in [0.25, 0.3) is 0 Å². The molecule has 2 heterocycles. The predicted molar refractivity (Wildman–Crippen MR) is 130 cm³/mol. The average Bonchev–Trinajstić information content (AvgIpc) is 3.24. The van der Waals surface area contributed by atoms with Gasteiger partial charge in [-0.15, -0.1) is 0 Å². The smallest absolute Gasteiger partial charge is 0.211 e. The highest BCUT2D eigenvalue weighted by molar-refractivity contribution is 7.88. The van der Waals surface area contributed by atoms with Crippen LogP contribution in [0.1, 0.15) is 18.9 Å². The van der Waals surface area contributed by atoms with E-state index in [1.54, 1.807) is 12.1 Å². The van der Waals surface area contributed by atoms with E-state index in [1.807, 2.05) is 42.0 Å². The summed E-state index contributed by atoms with van der Waals surface area (Å²) in [4.78, 5) is 0. The summed E-state index contributed by atoms with van der Waals surface area (Å²) in [7, 11) is -3.25. The van der Waals surface area contributed by atoms with Gasteiger partial charge >= 0.3 is 0 Å². The van der Waals surface area contributed by atoms with Gasteiger partial charge in [0.15, 0.2) is 5.75 Å². The number of sulfonamides is 1. The second-order valence-corrected chi connectivity index (χ2v) is 10.5. The number of hydrogen-bond donors (Lipinski definition) is 0. The average molecular weight is 504 g/mol. The van der Waals surface area contributed by atoms with Gasteiger partial charge in [-0.05, 0) is 42.8 Å². The molecule has 1 atom stereocenters. The standard InChI is InChI=1S/C24H26ClN3O5S/c1-3-9-32-24-18(14-26)11-19(13-22(24)25)28-7-6-17-12-20(4-5-23(17)28)33-16-21-15-27(8-10-31-21)34(2,29)30/h4-7,11-13,21H,3,8-10,15-16H2,1-2H3/t21-/m1/s1. The highest BCUT2D eigenvalue weighted by Crippen LogP contribution is 2.33. The van der Waals surface area contributed by atoms with Crippen LogP contribution >= 0.6 is 11.6 Å². The number of nitrogens with zero attached hydrogens (tertiary/aromatic N) is 3. The Morgan fingerprint density at radius 1 is 1.24 bits per heavy atom. The molecule has 3 aromatic rings. The zero-order valence-electron chi connectivity index (χ0n) is 19.0. The summed E-state index contributed by atoms with van der Waals surface area (Å²) < 4.78 is 44.2. The number of hydrogen-bond acceptors (Lipinski definition) is 6. The first-order valence-corrected chi connectivity index (χ1v) is 13.2. The van der Waals surface area contributed by atoms with Crippen molar-refractivity contribution >= 4 is 32.5 Å². The third-order valence-electron chi connectivity index (χ3n) is 5.55. The molecule has 2 aromatic carbocycles. The van der Waals surface area contributed by atoms with E-state index in [4.69, 9.17) is 25.8 Å². The number of fused-ring (bicyclic) bond motifs is 1. The fourth-order valence-electron chi connectivity index (χ4n) is 3.87. The summed E-state index contributed by atoms with van der Waals surface area (Å²) in [5.41, 5.74) is 2.06. The number of ether oxygens (including phenoxy) is 3. The number of morpholine rings is 1. The van der Waals surface area contributed by atoms with Gasteiger partial charge in [0, 0.05) is 30.4 Å². The van der Waals surface area contributed by atoms with Gasteiger partial charge in [-0.25, -0.2) is 8.42 Å². The Morgan fingerprint density at radius 3 is 2.79 bits per heavy atom. The van der Waals surface area contributed by atoms with Crippen LogP contribution in [0.25, 0.3) is 16.6 Å². The van der Waals surface area contributed by atoms with Crippen molar-refractivity contribution in [1.29, 1.82) is 5.26 Å². The van der Waals surface area contributed by atoms with Crippen molar-refractivity contribution in [3.05, 3.63) is 53.2 Å². The van der Waals surface area contributed by atoms with Crippen LogP contribution in [0.3, 0.4) is 0 Å². The molecule has 4 rings (SSSR count). The normalized spacial score (nSPS) is 16.9. The van der Waals surface area contributed by atoms with Crippen LogP contribution in [0.15, 0.2) is 42.6 Å². The van der Waals surface area contributed by atoms with Crippen LogP contribution in [-0.2, 0) is 14.8 Å². The van der Waals surface area contributed by atoms with E-state index in [1.165, 1.54) is 10.6 Å². The molecule has 8 nitrogen and oxygen atoms in total. The Labute approximate surface area is 204 Å². The van der Waals surface area contributed by atoms with Crippen LogP contribution in [0, 0.1) is 11.3 Å². The Hall–Kier alpha value is -2.77. The number of aromatic nitrogens is 1. The van der Waals surface area contributed by atoms with Crippen LogP contribution in [0.4, 0.5) is 0 Å². The first-order valence-electron chi connectivity index (χ1n) is 11.0. The topological polar surface area (TPSA) is 93.8 Å². The van der Waals surface area contributed by atoms with Gasteiger partial charge in [-0.1, -0.05) is 18.5 Å². The Bertz CT molecular complexity index is 1330. The monoisotopic (exact) mass is 503 g/mol. The van der Waals surface area contributed by atoms with Crippen molar-refractivity contribution < 1.29 is 22.6 Å². The molecule has 0 radical (unpaired) electrons. The van der Waals surface area contributed by atoms with E-state index in [0.29, 0.717) is 41.8 Å². The predicted octanol–water partition coefficient (Wildman–Crippen LogP) is 3.98. The molecule has 0 bridgehead atoms. The minimum absolute atomic E-state index is 0.249. The molecule has 1 aliphatic heterocycles. The maximum Gasteiger partial charge on any atom is 0.211 e. The van der Waals surface area contributed by atoms with Crippen LogP contribution in [0.5, 0.6) is 11.5 Å². The maximum absolute atomic E-state index is 11.8. The summed E-state index contributed by atoms with van der Waals surface area (Å²) in [5.74, 6) is 1.06. The lowest BCUT2D eigenvalue weighted by atomic mass is 10.2. The highest BCUT2D eigenvalue weighted by atomic mass is 35.5. The largest absolute Gasteiger partial charge is 0.491 e. The van der Waals surface area contributed by atoms with E-state index in [9.17, 15) is 13.7 Å². The fraction of sp³-hybridized carbons (Fsp3) is 0.375. The van der Waals surface area contributed by atoms with E-state index in [2.05, 4.69) is 6.07 Å². The van der Waals surface area contributed by atoms with E-state index in [0.717, 1.165) is 23.0 Å². The zero-order valence-corrected chi connectivity index (χ0v) is 20.6. The van der Waals surface area contributed by atoms with Gasteiger partial charge < -0.3 is 18.8 Å². The summed E-state index contributed by atoms with van der Waals surface area (Å²) in [6.45, 7) is 3.71. The fourth-order valence-corrected chi connectivity index (χ4v) is 4.98. The Kier molecular flexibility index (Phi) is 7.33. The van der Waals surface area contributed by atoms with Gasteiger partial charge in [-0.3, -0.25) is 0 Å². The Morgan fingerprint density at radius 2 is 2.06 bits per heavy atom.